The van der Waals surface area contributed by atoms with Crippen molar-refractivity contribution in [1.82, 2.24) is 10.2 Å². The number of hydrogen-bond donors (Lipinski definition) is 1. The number of thiophene rings is 1. The largest absolute Gasteiger partial charge is 0.383 e. The number of nitrogens with one attached hydrogen (secondary N) is 1. The molecule has 7 heteroatoms. The van der Waals surface area contributed by atoms with Gasteiger partial charge in [-0.2, -0.15) is 11.3 Å². The Morgan fingerprint density at radius 1 is 1.32 bits per heavy atom. The number of benzene rings is 1. The first-order valence-electron chi connectivity index (χ1n) is 8.06. The molecular formula is C18H20F2N2O2S. The van der Waals surface area contributed by atoms with E-state index < -0.39 is 17.2 Å². The van der Waals surface area contributed by atoms with E-state index in [-0.39, 0.29) is 6.03 Å². The molecule has 0 atom stereocenters. The Balaban J connectivity index is 1.73. The SMILES string of the molecule is COCCN(Cc1ccsc1)C(=O)NC1(c2cc(F)cc(F)c2)CC1. The van der Waals surface area contributed by atoms with Gasteiger partial charge in [0.15, 0.2) is 0 Å². The molecule has 0 saturated heterocycles. The van der Waals surface area contributed by atoms with E-state index in [1.54, 1.807) is 23.3 Å². The fourth-order valence-corrected chi connectivity index (χ4v) is 3.44. The van der Waals surface area contributed by atoms with Crippen LogP contribution >= 0.6 is 11.3 Å². The Labute approximate surface area is 149 Å². The van der Waals surface area contributed by atoms with E-state index in [1.807, 2.05) is 16.8 Å². The predicted molar refractivity (Wildman–Crippen MR) is 92.4 cm³/mol. The summed E-state index contributed by atoms with van der Waals surface area (Å²) in [4.78, 5) is 14.4. The number of ether oxygens (including phenoxy) is 1. The summed E-state index contributed by atoms with van der Waals surface area (Å²) >= 11 is 1.57. The number of nitrogens with zero attached hydrogens (tertiary/aromatic N) is 1. The molecule has 2 aromatic rings. The summed E-state index contributed by atoms with van der Waals surface area (Å²) in [6, 6.07) is 5.12. The predicted octanol–water partition coefficient (Wildman–Crippen LogP) is 3.87. The Kier molecular flexibility index (Phi) is 5.34. The minimum atomic E-state index is -0.681. The normalized spacial score (nSPS) is 15.0. The van der Waals surface area contributed by atoms with Crippen LogP contribution < -0.4 is 5.32 Å². The Hall–Kier alpha value is -1.99. The molecule has 1 N–H and O–H groups in total. The van der Waals surface area contributed by atoms with Crippen molar-refractivity contribution in [3.05, 3.63) is 57.8 Å². The summed E-state index contributed by atoms with van der Waals surface area (Å²) in [5.41, 5.74) is 0.832. The highest BCUT2D eigenvalue weighted by atomic mass is 32.1. The van der Waals surface area contributed by atoms with Crippen molar-refractivity contribution in [3.8, 4) is 0 Å². The number of methoxy groups -OCH3 is 1. The Morgan fingerprint density at radius 2 is 2.04 bits per heavy atom. The van der Waals surface area contributed by atoms with E-state index in [4.69, 9.17) is 4.74 Å². The highest BCUT2D eigenvalue weighted by Crippen LogP contribution is 2.46. The van der Waals surface area contributed by atoms with Gasteiger partial charge >= 0.3 is 6.03 Å². The highest BCUT2D eigenvalue weighted by molar-refractivity contribution is 7.07. The van der Waals surface area contributed by atoms with Crippen molar-refractivity contribution in [1.29, 1.82) is 0 Å². The highest BCUT2D eigenvalue weighted by Gasteiger charge is 2.46. The number of halogens is 2. The smallest absolute Gasteiger partial charge is 0.318 e. The Morgan fingerprint density at radius 3 is 2.60 bits per heavy atom. The molecule has 2 amide bonds. The molecule has 0 unspecified atom stereocenters. The zero-order chi connectivity index (χ0) is 17.9. The van der Waals surface area contributed by atoms with Gasteiger partial charge in [0.2, 0.25) is 0 Å². The third kappa shape index (κ3) is 4.35. The number of urea groups is 1. The molecule has 134 valence electrons. The zero-order valence-electron chi connectivity index (χ0n) is 13.9. The van der Waals surface area contributed by atoms with Gasteiger partial charge in [-0.25, -0.2) is 13.6 Å². The third-order valence-corrected chi connectivity index (χ3v) is 5.05. The van der Waals surface area contributed by atoms with Crippen molar-refractivity contribution in [3.63, 3.8) is 0 Å². The summed E-state index contributed by atoms with van der Waals surface area (Å²) in [6.45, 7) is 1.32. The third-order valence-electron chi connectivity index (χ3n) is 4.32. The van der Waals surface area contributed by atoms with E-state index in [0.29, 0.717) is 38.1 Å². The number of carbonyl (C=O) groups is 1. The fraction of sp³-hybridized carbons (Fsp3) is 0.389. The monoisotopic (exact) mass is 366 g/mol. The molecule has 1 aliphatic carbocycles. The summed E-state index contributed by atoms with van der Waals surface area (Å²) < 4.78 is 32.1. The number of hydrogen-bond acceptors (Lipinski definition) is 3. The van der Waals surface area contributed by atoms with Crippen LogP contribution in [0.4, 0.5) is 13.6 Å². The summed E-state index contributed by atoms with van der Waals surface area (Å²) in [5.74, 6) is -1.27. The average Bonchev–Trinajstić information content (AvgIpc) is 3.16. The van der Waals surface area contributed by atoms with Gasteiger partial charge in [0.25, 0.3) is 0 Å². The molecule has 4 nitrogen and oxygen atoms in total. The van der Waals surface area contributed by atoms with Crippen molar-refractivity contribution in [2.45, 2.75) is 24.9 Å². The molecule has 1 heterocycles. The van der Waals surface area contributed by atoms with Gasteiger partial charge in [-0.3, -0.25) is 0 Å². The topological polar surface area (TPSA) is 41.6 Å². The molecule has 1 aliphatic rings. The Bertz CT molecular complexity index is 712. The lowest BCUT2D eigenvalue weighted by Crippen LogP contribution is -2.45. The molecule has 1 aromatic heterocycles. The average molecular weight is 366 g/mol. The van der Waals surface area contributed by atoms with Crippen molar-refractivity contribution in [2.75, 3.05) is 20.3 Å². The van der Waals surface area contributed by atoms with Crippen LogP contribution in [-0.4, -0.2) is 31.2 Å². The first-order chi connectivity index (χ1) is 12.0. The summed E-state index contributed by atoms with van der Waals surface area (Å²) in [5, 5.41) is 6.91. The van der Waals surface area contributed by atoms with Crippen LogP contribution in [0.1, 0.15) is 24.0 Å². The van der Waals surface area contributed by atoms with Crippen LogP contribution in [0, 0.1) is 11.6 Å². The minimum Gasteiger partial charge on any atom is -0.383 e. The molecule has 0 aliphatic heterocycles. The van der Waals surface area contributed by atoms with E-state index in [2.05, 4.69) is 5.32 Å². The molecule has 3 rings (SSSR count). The number of rotatable bonds is 7. The van der Waals surface area contributed by atoms with Gasteiger partial charge in [0.1, 0.15) is 11.6 Å². The molecule has 0 spiro atoms. The lowest BCUT2D eigenvalue weighted by Gasteiger charge is -2.26. The van der Waals surface area contributed by atoms with Crippen LogP contribution in [0.2, 0.25) is 0 Å². The van der Waals surface area contributed by atoms with Crippen molar-refractivity contribution >= 4 is 17.4 Å². The van der Waals surface area contributed by atoms with Crippen LogP contribution in [-0.2, 0) is 16.8 Å². The molecule has 25 heavy (non-hydrogen) atoms. The maximum absolute atomic E-state index is 13.5. The molecular weight excluding hydrogens is 346 g/mol. The van der Waals surface area contributed by atoms with Crippen LogP contribution in [0.3, 0.4) is 0 Å². The molecule has 1 saturated carbocycles. The molecule has 1 aromatic carbocycles. The van der Waals surface area contributed by atoms with E-state index in [9.17, 15) is 13.6 Å². The van der Waals surface area contributed by atoms with Gasteiger partial charge < -0.3 is 15.0 Å². The summed E-state index contributed by atoms with van der Waals surface area (Å²) in [7, 11) is 1.58. The van der Waals surface area contributed by atoms with Gasteiger partial charge in [0.05, 0.1) is 12.1 Å². The second-order valence-electron chi connectivity index (χ2n) is 6.22. The van der Waals surface area contributed by atoms with E-state index in [1.165, 1.54) is 12.1 Å². The van der Waals surface area contributed by atoms with Crippen LogP contribution in [0.5, 0.6) is 0 Å². The fourth-order valence-electron chi connectivity index (χ4n) is 2.78. The minimum absolute atomic E-state index is 0.259. The standard InChI is InChI=1S/C18H20F2N2O2S/c1-24-6-5-22(11-13-2-7-25-12-13)17(23)21-18(3-4-18)14-8-15(19)10-16(20)9-14/h2,7-10,12H,3-6,11H2,1H3,(H,21,23). The summed E-state index contributed by atoms with van der Waals surface area (Å²) in [6.07, 6.45) is 1.33. The van der Waals surface area contributed by atoms with Crippen LogP contribution in [0.15, 0.2) is 35.0 Å². The number of amides is 2. The first-order valence-corrected chi connectivity index (χ1v) is 9.00. The maximum Gasteiger partial charge on any atom is 0.318 e. The lowest BCUT2D eigenvalue weighted by atomic mass is 10.0. The van der Waals surface area contributed by atoms with E-state index >= 15 is 0 Å². The van der Waals surface area contributed by atoms with Crippen LogP contribution in [0.25, 0.3) is 0 Å². The quantitative estimate of drug-likeness (QED) is 0.808. The van der Waals surface area contributed by atoms with Gasteiger partial charge in [0, 0.05) is 26.3 Å². The second-order valence-corrected chi connectivity index (χ2v) is 7.00. The van der Waals surface area contributed by atoms with Crippen molar-refractivity contribution in [2.24, 2.45) is 0 Å². The first kappa shape index (κ1) is 17.8. The van der Waals surface area contributed by atoms with E-state index in [0.717, 1.165) is 11.6 Å². The molecule has 0 bridgehead atoms. The second kappa shape index (κ2) is 7.49. The van der Waals surface area contributed by atoms with Gasteiger partial charge in [-0.05, 0) is 52.9 Å². The van der Waals surface area contributed by atoms with Gasteiger partial charge in [-0.1, -0.05) is 0 Å². The molecule has 1 fully saturated rings. The maximum atomic E-state index is 13.5. The zero-order valence-corrected chi connectivity index (χ0v) is 14.7. The van der Waals surface area contributed by atoms with Gasteiger partial charge in [-0.15, -0.1) is 0 Å². The lowest BCUT2D eigenvalue weighted by molar-refractivity contribution is 0.144. The molecule has 0 radical (unpaired) electrons. The number of carbonyl (C=O) groups excluding carboxylic acids is 1. The van der Waals surface area contributed by atoms with Crippen molar-refractivity contribution < 1.29 is 18.3 Å².